The van der Waals surface area contributed by atoms with Crippen molar-refractivity contribution in [1.82, 2.24) is 14.9 Å². The smallest absolute Gasteiger partial charge is 0.233 e. The van der Waals surface area contributed by atoms with E-state index in [0.717, 1.165) is 21.3 Å². The van der Waals surface area contributed by atoms with E-state index in [2.05, 4.69) is 22.4 Å². The first kappa shape index (κ1) is 16.8. The second-order valence-electron chi connectivity index (χ2n) is 5.41. The maximum absolute atomic E-state index is 12.3. The molecule has 1 atom stereocenters. The minimum absolute atomic E-state index is 0.0256. The molecule has 6 heteroatoms. The molecule has 124 valence electrons. The van der Waals surface area contributed by atoms with Crippen molar-refractivity contribution in [1.29, 1.82) is 0 Å². The van der Waals surface area contributed by atoms with Crippen LogP contribution in [-0.4, -0.2) is 20.7 Å². The number of carbonyl (C=O) groups is 1. The average molecular weight is 358 g/mol. The Hall–Kier alpha value is -2.05. The first-order valence-corrected chi connectivity index (χ1v) is 9.45. The quantitative estimate of drug-likeness (QED) is 0.680. The third-order valence-corrected chi connectivity index (χ3v) is 5.72. The summed E-state index contributed by atoms with van der Waals surface area (Å²) in [7, 11) is 1.98. The molecule has 1 amide bonds. The summed E-state index contributed by atoms with van der Waals surface area (Å²) >= 11 is 3.12. The molecule has 0 aliphatic heterocycles. The summed E-state index contributed by atoms with van der Waals surface area (Å²) in [5, 5.41) is 5.63. The van der Waals surface area contributed by atoms with Gasteiger partial charge < -0.3 is 9.88 Å². The maximum Gasteiger partial charge on any atom is 0.233 e. The minimum atomic E-state index is -0.199. The van der Waals surface area contributed by atoms with E-state index in [4.69, 9.17) is 0 Å². The van der Waals surface area contributed by atoms with Crippen LogP contribution in [0.4, 0.5) is 0 Å². The molecule has 4 nitrogen and oxygen atoms in total. The number of nitrogens with one attached hydrogen (secondary N) is 1. The first-order chi connectivity index (χ1) is 11.6. The van der Waals surface area contributed by atoms with Crippen molar-refractivity contribution in [2.45, 2.75) is 23.9 Å². The van der Waals surface area contributed by atoms with Crippen LogP contribution in [0.3, 0.4) is 0 Å². The lowest BCUT2D eigenvalue weighted by Gasteiger charge is -2.12. The first-order valence-electron chi connectivity index (χ1n) is 7.69. The highest BCUT2D eigenvalue weighted by atomic mass is 32.2. The second kappa shape index (κ2) is 7.68. The minimum Gasteiger partial charge on any atom is -0.350 e. The maximum atomic E-state index is 12.3. The largest absolute Gasteiger partial charge is 0.350 e. The molecule has 24 heavy (non-hydrogen) atoms. The summed E-state index contributed by atoms with van der Waals surface area (Å²) in [6.07, 6.45) is 1.86. The van der Waals surface area contributed by atoms with Crippen LogP contribution in [0.2, 0.25) is 0 Å². The molecule has 2 aromatic heterocycles. The Bertz CT molecular complexity index is 797. The zero-order chi connectivity index (χ0) is 16.9. The molecule has 0 fully saturated rings. The molecule has 0 radical (unpaired) electrons. The van der Waals surface area contributed by atoms with Gasteiger partial charge in [-0.3, -0.25) is 4.79 Å². The van der Waals surface area contributed by atoms with Crippen molar-refractivity contribution < 1.29 is 4.79 Å². The van der Waals surface area contributed by atoms with Gasteiger partial charge in [0.25, 0.3) is 0 Å². The van der Waals surface area contributed by atoms with Crippen LogP contribution in [0.1, 0.15) is 11.8 Å². The summed E-state index contributed by atoms with van der Waals surface area (Å²) in [4.78, 5) is 17.9. The van der Waals surface area contributed by atoms with E-state index in [1.54, 1.807) is 11.3 Å². The lowest BCUT2D eigenvalue weighted by molar-refractivity contribution is -0.120. The Morgan fingerprint density at radius 3 is 2.79 bits per heavy atom. The van der Waals surface area contributed by atoms with E-state index < -0.39 is 0 Å². The number of amides is 1. The van der Waals surface area contributed by atoms with Crippen LogP contribution in [0.5, 0.6) is 0 Å². The molecule has 0 aliphatic carbocycles. The SMILES string of the molecule is CC(Sc1ncc(-c2ccccc2)n1C)C(=O)NCc1cccs1. The number of nitrogens with zero attached hydrogens (tertiary/aromatic N) is 2. The Balaban J connectivity index is 1.63. The number of aromatic nitrogens is 2. The summed E-state index contributed by atoms with van der Waals surface area (Å²) in [5.74, 6) is 0.0256. The van der Waals surface area contributed by atoms with E-state index >= 15 is 0 Å². The summed E-state index contributed by atoms with van der Waals surface area (Å²) in [6, 6.07) is 14.1. The molecule has 1 unspecified atom stereocenters. The Labute approximate surface area is 149 Å². The van der Waals surface area contributed by atoms with Gasteiger partial charge in [0.2, 0.25) is 5.91 Å². The van der Waals surface area contributed by atoms with Crippen molar-refractivity contribution in [3.63, 3.8) is 0 Å². The van der Waals surface area contributed by atoms with E-state index in [1.165, 1.54) is 11.8 Å². The second-order valence-corrected chi connectivity index (χ2v) is 7.75. The van der Waals surface area contributed by atoms with Crippen molar-refractivity contribution in [3.8, 4) is 11.3 Å². The molecule has 1 aromatic carbocycles. The number of rotatable bonds is 6. The zero-order valence-corrected chi connectivity index (χ0v) is 15.2. The van der Waals surface area contributed by atoms with Gasteiger partial charge in [-0.15, -0.1) is 11.3 Å². The Morgan fingerprint density at radius 1 is 1.29 bits per heavy atom. The van der Waals surface area contributed by atoms with Crippen molar-refractivity contribution >= 4 is 29.0 Å². The number of carbonyl (C=O) groups excluding carboxylic acids is 1. The fourth-order valence-corrected chi connectivity index (χ4v) is 3.84. The highest BCUT2D eigenvalue weighted by Crippen LogP contribution is 2.27. The molecular formula is C18H19N3OS2. The van der Waals surface area contributed by atoms with Crippen molar-refractivity contribution in [2.75, 3.05) is 0 Å². The van der Waals surface area contributed by atoms with Gasteiger partial charge in [0.15, 0.2) is 5.16 Å². The van der Waals surface area contributed by atoms with Crippen LogP contribution in [-0.2, 0) is 18.4 Å². The van der Waals surface area contributed by atoms with Crippen LogP contribution < -0.4 is 5.32 Å². The van der Waals surface area contributed by atoms with Gasteiger partial charge >= 0.3 is 0 Å². The predicted molar refractivity (Wildman–Crippen MR) is 100 cm³/mol. The van der Waals surface area contributed by atoms with Crippen LogP contribution in [0.25, 0.3) is 11.3 Å². The van der Waals surface area contributed by atoms with Gasteiger partial charge in [0.1, 0.15) is 0 Å². The molecule has 0 aliphatic rings. The number of hydrogen-bond acceptors (Lipinski definition) is 4. The number of hydrogen-bond donors (Lipinski definition) is 1. The van der Waals surface area contributed by atoms with Crippen molar-refractivity contribution in [3.05, 3.63) is 58.9 Å². The van der Waals surface area contributed by atoms with E-state index in [0.29, 0.717) is 6.54 Å². The van der Waals surface area contributed by atoms with Gasteiger partial charge in [-0.05, 0) is 23.9 Å². The van der Waals surface area contributed by atoms with Gasteiger partial charge in [0.05, 0.1) is 23.7 Å². The standard InChI is InChI=1S/C18H19N3OS2/c1-13(17(22)19-11-15-9-6-10-23-15)24-18-20-12-16(21(18)2)14-7-4-3-5-8-14/h3-10,12-13H,11H2,1-2H3,(H,19,22). The monoisotopic (exact) mass is 357 g/mol. The van der Waals surface area contributed by atoms with E-state index in [9.17, 15) is 4.79 Å². The molecule has 3 rings (SSSR count). The number of imidazole rings is 1. The third-order valence-electron chi connectivity index (χ3n) is 3.68. The Kier molecular flexibility index (Phi) is 5.37. The molecule has 0 bridgehead atoms. The normalized spacial score (nSPS) is 12.1. The molecule has 3 aromatic rings. The molecular weight excluding hydrogens is 338 g/mol. The predicted octanol–water partition coefficient (Wildman–Crippen LogP) is 3.95. The van der Waals surface area contributed by atoms with Crippen LogP contribution >= 0.6 is 23.1 Å². The molecule has 0 saturated heterocycles. The summed E-state index contributed by atoms with van der Waals surface area (Å²) < 4.78 is 2.03. The van der Waals surface area contributed by atoms with Gasteiger partial charge in [-0.2, -0.15) is 0 Å². The number of thiophene rings is 1. The van der Waals surface area contributed by atoms with Crippen molar-refractivity contribution in [2.24, 2.45) is 7.05 Å². The lowest BCUT2D eigenvalue weighted by atomic mass is 10.2. The van der Waals surface area contributed by atoms with Crippen LogP contribution in [0.15, 0.2) is 59.2 Å². The lowest BCUT2D eigenvalue weighted by Crippen LogP contribution is -2.30. The van der Waals surface area contributed by atoms with Gasteiger partial charge in [-0.25, -0.2) is 4.98 Å². The van der Waals surface area contributed by atoms with Crippen LogP contribution in [0, 0.1) is 0 Å². The summed E-state index contributed by atoms with van der Waals surface area (Å²) in [6.45, 7) is 2.49. The highest BCUT2D eigenvalue weighted by molar-refractivity contribution is 8.00. The Morgan fingerprint density at radius 2 is 2.08 bits per heavy atom. The highest BCUT2D eigenvalue weighted by Gasteiger charge is 2.18. The molecule has 1 N–H and O–H groups in total. The van der Waals surface area contributed by atoms with E-state index in [-0.39, 0.29) is 11.2 Å². The van der Waals surface area contributed by atoms with Gasteiger partial charge in [-0.1, -0.05) is 48.2 Å². The molecule has 2 heterocycles. The number of benzene rings is 1. The molecule has 0 spiro atoms. The topological polar surface area (TPSA) is 46.9 Å². The fourth-order valence-electron chi connectivity index (χ4n) is 2.32. The third kappa shape index (κ3) is 3.88. The van der Waals surface area contributed by atoms with E-state index in [1.807, 2.05) is 60.4 Å². The fraction of sp³-hybridized carbons (Fsp3) is 0.222. The average Bonchev–Trinajstić information content (AvgIpc) is 3.24. The zero-order valence-electron chi connectivity index (χ0n) is 13.6. The van der Waals surface area contributed by atoms with Gasteiger partial charge in [0, 0.05) is 11.9 Å². The summed E-state index contributed by atoms with van der Waals surface area (Å²) in [5.41, 5.74) is 2.17. The molecule has 0 saturated carbocycles. The number of thioether (sulfide) groups is 1.